The van der Waals surface area contributed by atoms with Crippen molar-refractivity contribution >= 4 is 23.4 Å². The van der Waals surface area contributed by atoms with E-state index >= 15 is 0 Å². The van der Waals surface area contributed by atoms with Gasteiger partial charge in [0.25, 0.3) is 17.7 Å². The minimum absolute atomic E-state index is 0.0172. The number of amides is 3. The molecule has 1 atom stereocenters. The van der Waals surface area contributed by atoms with Crippen molar-refractivity contribution in [3.63, 3.8) is 0 Å². The topological polar surface area (TPSA) is 120 Å². The first kappa shape index (κ1) is 23.0. The summed E-state index contributed by atoms with van der Waals surface area (Å²) in [5.41, 5.74) is 1.11. The SMILES string of the molecule is CC[C@@H](NC1=C(Nc2cccc(C(=O)N(C)C)c2O)C(=O)N(C)C1=O)c1ccc2c(c1)OCO2. The predicted molar refractivity (Wildman–Crippen MR) is 123 cm³/mol. The van der Waals surface area contributed by atoms with Gasteiger partial charge in [-0.2, -0.15) is 0 Å². The third-order valence-electron chi connectivity index (χ3n) is 5.75. The number of carbonyl (C=O) groups excluding carboxylic acids is 3. The molecule has 0 aromatic heterocycles. The first-order valence-electron chi connectivity index (χ1n) is 10.8. The smallest absolute Gasteiger partial charge is 0.279 e. The number of phenols is 1. The van der Waals surface area contributed by atoms with Crippen molar-refractivity contribution in [2.45, 2.75) is 19.4 Å². The third kappa shape index (κ3) is 3.98. The number of hydrogen-bond acceptors (Lipinski definition) is 8. The molecule has 2 aromatic carbocycles. The summed E-state index contributed by atoms with van der Waals surface area (Å²) in [4.78, 5) is 40.5. The molecular weight excluding hydrogens is 440 g/mol. The molecule has 0 spiro atoms. The van der Waals surface area contributed by atoms with Crippen molar-refractivity contribution in [1.29, 1.82) is 0 Å². The van der Waals surface area contributed by atoms with Crippen LogP contribution in [0.15, 0.2) is 47.8 Å². The minimum atomic E-state index is -0.559. The van der Waals surface area contributed by atoms with E-state index in [1.807, 2.05) is 19.1 Å². The summed E-state index contributed by atoms with van der Waals surface area (Å²) in [7, 11) is 4.53. The average Bonchev–Trinajstić information content (AvgIpc) is 3.37. The molecule has 178 valence electrons. The fourth-order valence-corrected chi connectivity index (χ4v) is 3.81. The molecule has 10 nitrogen and oxygen atoms in total. The summed E-state index contributed by atoms with van der Waals surface area (Å²) in [6, 6.07) is 9.79. The van der Waals surface area contributed by atoms with Crippen LogP contribution in [0.25, 0.3) is 0 Å². The molecule has 2 aliphatic rings. The Bertz CT molecular complexity index is 1210. The second-order valence-electron chi connectivity index (χ2n) is 8.16. The van der Waals surface area contributed by atoms with Crippen LogP contribution in [-0.4, -0.2) is 60.6 Å². The van der Waals surface area contributed by atoms with Crippen LogP contribution < -0.4 is 20.1 Å². The number of para-hydroxylation sites is 1. The molecule has 2 aliphatic heterocycles. The van der Waals surface area contributed by atoms with Gasteiger partial charge < -0.3 is 30.1 Å². The Morgan fingerprint density at radius 1 is 1.12 bits per heavy atom. The fraction of sp³-hybridized carbons (Fsp3) is 0.292. The molecule has 4 rings (SSSR count). The van der Waals surface area contributed by atoms with Gasteiger partial charge in [0.05, 0.1) is 17.3 Å². The van der Waals surface area contributed by atoms with Crippen LogP contribution in [0, 0.1) is 0 Å². The molecule has 34 heavy (non-hydrogen) atoms. The highest BCUT2D eigenvalue weighted by molar-refractivity contribution is 6.20. The lowest BCUT2D eigenvalue weighted by Gasteiger charge is -2.20. The molecule has 10 heteroatoms. The van der Waals surface area contributed by atoms with E-state index in [9.17, 15) is 19.5 Å². The van der Waals surface area contributed by atoms with E-state index in [4.69, 9.17) is 9.47 Å². The van der Waals surface area contributed by atoms with E-state index < -0.39 is 17.7 Å². The number of anilines is 1. The van der Waals surface area contributed by atoms with Gasteiger partial charge in [0.1, 0.15) is 11.4 Å². The molecule has 0 unspecified atom stereocenters. The number of rotatable bonds is 7. The zero-order valence-electron chi connectivity index (χ0n) is 19.3. The molecular formula is C24H26N4O6. The lowest BCUT2D eigenvalue weighted by atomic mass is 10.0. The summed E-state index contributed by atoms with van der Waals surface area (Å²) in [5, 5.41) is 16.7. The highest BCUT2D eigenvalue weighted by atomic mass is 16.7. The van der Waals surface area contributed by atoms with Crippen LogP contribution in [0.5, 0.6) is 17.2 Å². The molecule has 0 radical (unpaired) electrons. The standard InChI is InChI=1S/C24H26N4O6/c1-5-15(13-9-10-17-18(11-13)34-12-33-17)25-19-20(24(32)28(4)23(19)31)26-16-8-6-7-14(21(16)29)22(30)27(2)3/h6-11,15,25-26,29H,5,12H2,1-4H3/t15-/m1/s1. The van der Waals surface area contributed by atoms with E-state index in [1.165, 1.54) is 24.1 Å². The number of ether oxygens (including phenoxy) is 2. The normalized spacial score (nSPS) is 15.6. The maximum atomic E-state index is 12.9. The van der Waals surface area contributed by atoms with E-state index in [1.54, 1.807) is 26.2 Å². The highest BCUT2D eigenvalue weighted by Gasteiger charge is 2.38. The predicted octanol–water partition coefficient (Wildman–Crippen LogP) is 2.19. The van der Waals surface area contributed by atoms with E-state index in [2.05, 4.69) is 10.6 Å². The molecule has 0 saturated carbocycles. The molecule has 3 amide bonds. The molecule has 2 heterocycles. The number of carbonyl (C=O) groups is 3. The Balaban J connectivity index is 1.68. The quantitative estimate of drug-likeness (QED) is 0.420. The second-order valence-corrected chi connectivity index (χ2v) is 8.16. The van der Waals surface area contributed by atoms with E-state index in [-0.39, 0.29) is 41.2 Å². The van der Waals surface area contributed by atoms with Crippen LogP contribution in [0.2, 0.25) is 0 Å². The van der Waals surface area contributed by atoms with Crippen molar-refractivity contribution in [3.05, 3.63) is 58.9 Å². The Kier molecular flexibility index (Phi) is 6.06. The van der Waals surface area contributed by atoms with Crippen molar-refractivity contribution in [1.82, 2.24) is 15.1 Å². The van der Waals surface area contributed by atoms with Crippen LogP contribution in [0.1, 0.15) is 35.3 Å². The van der Waals surface area contributed by atoms with Gasteiger partial charge in [-0.05, 0) is 36.2 Å². The average molecular weight is 466 g/mol. The number of hydrogen-bond donors (Lipinski definition) is 3. The zero-order valence-corrected chi connectivity index (χ0v) is 19.3. The van der Waals surface area contributed by atoms with Gasteiger partial charge in [0.15, 0.2) is 17.2 Å². The third-order valence-corrected chi connectivity index (χ3v) is 5.75. The Morgan fingerprint density at radius 3 is 2.53 bits per heavy atom. The van der Waals surface area contributed by atoms with Gasteiger partial charge in [-0.1, -0.05) is 19.1 Å². The summed E-state index contributed by atoms with van der Waals surface area (Å²) in [6.07, 6.45) is 0.611. The Morgan fingerprint density at radius 2 is 1.82 bits per heavy atom. The number of nitrogens with one attached hydrogen (secondary N) is 2. The van der Waals surface area contributed by atoms with Gasteiger partial charge >= 0.3 is 0 Å². The number of nitrogens with zero attached hydrogens (tertiary/aromatic N) is 2. The number of phenolic OH excluding ortho intramolecular Hbond substituents is 1. The monoisotopic (exact) mass is 466 g/mol. The summed E-state index contributed by atoms with van der Waals surface area (Å²) in [5.74, 6) is -0.514. The van der Waals surface area contributed by atoms with E-state index in [0.717, 1.165) is 10.5 Å². The molecule has 2 aromatic rings. The maximum Gasteiger partial charge on any atom is 0.279 e. The second kappa shape index (κ2) is 8.97. The Labute approximate surface area is 196 Å². The van der Waals surface area contributed by atoms with Gasteiger partial charge in [-0.15, -0.1) is 0 Å². The summed E-state index contributed by atoms with van der Waals surface area (Å²) >= 11 is 0. The minimum Gasteiger partial charge on any atom is -0.505 e. The van der Waals surface area contributed by atoms with Gasteiger partial charge in [-0.3, -0.25) is 19.3 Å². The molecule has 0 bridgehead atoms. The first-order valence-corrected chi connectivity index (χ1v) is 10.8. The number of fused-ring (bicyclic) bond motifs is 1. The summed E-state index contributed by atoms with van der Waals surface area (Å²) in [6.45, 7) is 2.10. The fourth-order valence-electron chi connectivity index (χ4n) is 3.81. The van der Waals surface area contributed by atoms with E-state index in [0.29, 0.717) is 17.9 Å². The molecule has 3 N–H and O–H groups in total. The first-order chi connectivity index (χ1) is 16.2. The lowest BCUT2D eigenvalue weighted by Crippen LogP contribution is -2.31. The lowest BCUT2D eigenvalue weighted by molar-refractivity contribution is -0.136. The van der Waals surface area contributed by atoms with Crippen molar-refractivity contribution in [2.75, 3.05) is 33.3 Å². The summed E-state index contributed by atoms with van der Waals surface area (Å²) < 4.78 is 10.8. The molecule has 0 aliphatic carbocycles. The molecule has 0 fully saturated rings. The van der Waals surface area contributed by atoms with Crippen molar-refractivity contribution in [3.8, 4) is 17.2 Å². The van der Waals surface area contributed by atoms with Gasteiger partial charge in [-0.25, -0.2) is 0 Å². The maximum absolute atomic E-state index is 12.9. The van der Waals surface area contributed by atoms with Crippen LogP contribution in [0.4, 0.5) is 5.69 Å². The highest BCUT2D eigenvalue weighted by Crippen LogP contribution is 2.36. The van der Waals surface area contributed by atoms with Crippen LogP contribution >= 0.6 is 0 Å². The number of aromatic hydroxyl groups is 1. The van der Waals surface area contributed by atoms with Gasteiger partial charge in [0.2, 0.25) is 6.79 Å². The number of benzene rings is 2. The van der Waals surface area contributed by atoms with Crippen molar-refractivity contribution in [2.24, 2.45) is 0 Å². The van der Waals surface area contributed by atoms with Crippen LogP contribution in [0.3, 0.4) is 0 Å². The number of likely N-dealkylation sites (N-methyl/N-ethyl adjacent to an activating group) is 1. The van der Waals surface area contributed by atoms with Crippen molar-refractivity contribution < 1.29 is 29.0 Å². The zero-order chi connectivity index (χ0) is 24.6. The number of imide groups is 1. The Hall–Kier alpha value is -4.21. The largest absolute Gasteiger partial charge is 0.505 e. The van der Waals surface area contributed by atoms with Crippen LogP contribution in [-0.2, 0) is 9.59 Å². The van der Waals surface area contributed by atoms with Gasteiger partial charge in [0, 0.05) is 21.1 Å². The molecule has 0 saturated heterocycles.